The minimum Gasteiger partial charge on any atom is -0.507 e. The van der Waals surface area contributed by atoms with Gasteiger partial charge in [-0.3, -0.25) is 14.5 Å². The maximum Gasteiger partial charge on any atom is 0.300 e. The van der Waals surface area contributed by atoms with Crippen LogP contribution in [0, 0.1) is 5.82 Å². The van der Waals surface area contributed by atoms with Gasteiger partial charge in [-0.05, 0) is 59.0 Å². The second-order valence-electron chi connectivity index (χ2n) is 10.0. The van der Waals surface area contributed by atoms with Crippen LogP contribution in [0.1, 0.15) is 43.5 Å². The number of nitrogens with zero attached hydrogens (tertiary/aromatic N) is 1. The summed E-state index contributed by atoms with van der Waals surface area (Å²) < 4.78 is 30.3. The van der Waals surface area contributed by atoms with Crippen LogP contribution < -0.4 is 19.1 Å². The number of carbonyl (C=O) groups is 2. The van der Waals surface area contributed by atoms with Gasteiger partial charge < -0.3 is 19.3 Å². The Morgan fingerprint density at radius 2 is 1.54 bits per heavy atom. The number of aliphatic hydroxyl groups is 1. The zero-order valence-corrected chi connectivity index (χ0v) is 23.2. The van der Waals surface area contributed by atoms with E-state index in [-0.39, 0.29) is 27.3 Å². The van der Waals surface area contributed by atoms with E-state index >= 15 is 0 Å². The lowest BCUT2D eigenvalue weighted by molar-refractivity contribution is -0.132. The topological polar surface area (TPSA) is 85.3 Å². The zero-order chi connectivity index (χ0) is 28.6. The summed E-state index contributed by atoms with van der Waals surface area (Å²) in [4.78, 5) is 28.3. The first-order valence-corrected chi connectivity index (χ1v) is 12.5. The van der Waals surface area contributed by atoms with Gasteiger partial charge in [-0.25, -0.2) is 4.39 Å². The van der Waals surface area contributed by atoms with E-state index in [0.717, 1.165) is 11.6 Å². The number of ketones is 1. The monoisotopic (exact) mass is 553 g/mol. The minimum absolute atomic E-state index is 0.169. The highest BCUT2D eigenvalue weighted by Crippen LogP contribution is 2.46. The van der Waals surface area contributed by atoms with Gasteiger partial charge in [-0.1, -0.05) is 44.5 Å². The number of hydrogen-bond donors (Lipinski definition) is 1. The Balaban J connectivity index is 2.03. The molecule has 1 unspecified atom stereocenters. The fourth-order valence-corrected chi connectivity index (χ4v) is 4.75. The molecular formula is C30H29ClFNO6. The van der Waals surface area contributed by atoms with Crippen LogP contribution in [-0.4, -0.2) is 38.1 Å². The van der Waals surface area contributed by atoms with Crippen LogP contribution in [0.15, 0.2) is 60.2 Å². The molecule has 1 fully saturated rings. The number of ether oxygens (including phenoxy) is 3. The van der Waals surface area contributed by atoms with Gasteiger partial charge in [0.25, 0.3) is 11.7 Å². The highest BCUT2D eigenvalue weighted by Gasteiger charge is 2.47. The number of carbonyl (C=O) groups excluding carboxylic acids is 2. The van der Waals surface area contributed by atoms with Crippen molar-refractivity contribution in [3.63, 3.8) is 0 Å². The molecule has 0 saturated carbocycles. The molecule has 0 radical (unpaired) electrons. The van der Waals surface area contributed by atoms with E-state index in [1.54, 1.807) is 30.3 Å². The molecule has 7 nitrogen and oxygen atoms in total. The maximum absolute atomic E-state index is 14.0. The average molecular weight is 554 g/mol. The van der Waals surface area contributed by atoms with Crippen molar-refractivity contribution >= 4 is 34.7 Å². The van der Waals surface area contributed by atoms with Crippen molar-refractivity contribution in [1.29, 1.82) is 0 Å². The standard InChI is InChI=1S/C30H29ClFNO6/c1-30(2,3)17-8-12-22(37-4)19(14-17)27(34)25-26(16-7-11-23(38-5)24(13-16)39-6)33(29(36)28(25)35)18-9-10-21(32)20(31)15-18/h7-15,26,34H,1-6H3/b27-25+. The molecule has 0 spiro atoms. The van der Waals surface area contributed by atoms with Gasteiger partial charge in [0.1, 0.15) is 17.3 Å². The van der Waals surface area contributed by atoms with Crippen molar-refractivity contribution < 1.29 is 33.3 Å². The van der Waals surface area contributed by atoms with Gasteiger partial charge in [-0.2, -0.15) is 0 Å². The van der Waals surface area contributed by atoms with Gasteiger partial charge in [0, 0.05) is 5.69 Å². The van der Waals surface area contributed by atoms with Crippen LogP contribution >= 0.6 is 11.6 Å². The third-order valence-corrected chi connectivity index (χ3v) is 6.96. The molecule has 204 valence electrons. The summed E-state index contributed by atoms with van der Waals surface area (Å²) in [5.74, 6) is -1.81. The Morgan fingerprint density at radius 1 is 0.897 bits per heavy atom. The lowest BCUT2D eigenvalue weighted by Crippen LogP contribution is -2.29. The van der Waals surface area contributed by atoms with E-state index in [0.29, 0.717) is 22.8 Å². The number of halogens is 2. The van der Waals surface area contributed by atoms with Crippen molar-refractivity contribution in [2.24, 2.45) is 0 Å². The van der Waals surface area contributed by atoms with Gasteiger partial charge in [0.05, 0.1) is 43.5 Å². The summed E-state index contributed by atoms with van der Waals surface area (Å²) in [5, 5.41) is 11.5. The predicted octanol–water partition coefficient (Wildman–Crippen LogP) is 6.43. The molecule has 3 aromatic rings. The second-order valence-corrected chi connectivity index (χ2v) is 10.5. The number of methoxy groups -OCH3 is 3. The molecule has 1 aliphatic rings. The highest BCUT2D eigenvalue weighted by atomic mass is 35.5. The Kier molecular flexibility index (Phi) is 7.61. The Hall–Kier alpha value is -4.04. The molecule has 1 amide bonds. The Labute approximate surface area is 231 Å². The van der Waals surface area contributed by atoms with Gasteiger partial charge in [-0.15, -0.1) is 0 Å². The molecule has 3 aromatic carbocycles. The van der Waals surface area contributed by atoms with E-state index in [9.17, 15) is 19.1 Å². The van der Waals surface area contributed by atoms with Gasteiger partial charge in [0.15, 0.2) is 11.5 Å². The van der Waals surface area contributed by atoms with Crippen LogP contribution in [-0.2, 0) is 15.0 Å². The number of aliphatic hydroxyl groups excluding tert-OH is 1. The first kappa shape index (κ1) is 28.0. The average Bonchev–Trinajstić information content (AvgIpc) is 3.18. The zero-order valence-electron chi connectivity index (χ0n) is 22.5. The number of Topliss-reactive ketones (excluding diaryl/α,β-unsaturated/α-hetero) is 1. The molecule has 39 heavy (non-hydrogen) atoms. The molecular weight excluding hydrogens is 525 g/mol. The van der Waals surface area contributed by atoms with Crippen molar-refractivity contribution in [2.45, 2.75) is 32.2 Å². The maximum atomic E-state index is 14.0. The Morgan fingerprint density at radius 3 is 2.13 bits per heavy atom. The number of anilines is 1. The Bertz CT molecular complexity index is 1490. The van der Waals surface area contributed by atoms with Crippen molar-refractivity contribution in [3.8, 4) is 17.2 Å². The number of hydrogen-bond acceptors (Lipinski definition) is 6. The van der Waals surface area contributed by atoms with Gasteiger partial charge >= 0.3 is 0 Å². The fourth-order valence-electron chi connectivity index (χ4n) is 4.58. The van der Waals surface area contributed by atoms with E-state index in [1.165, 1.54) is 38.4 Å². The molecule has 1 atom stereocenters. The first-order chi connectivity index (χ1) is 18.4. The number of amides is 1. The fraction of sp³-hybridized carbons (Fsp3) is 0.267. The molecule has 0 aliphatic carbocycles. The molecule has 1 aliphatic heterocycles. The van der Waals surface area contributed by atoms with E-state index in [4.69, 9.17) is 25.8 Å². The summed E-state index contributed by atoms with van der Waals surface area (Å²) in [6.45, 7) is 6.04. The van der Waals surface area contributed by atoms with Crippen LogP contribution in [0.4, 0.5) is 10.1 Å². The van der Waals surface area contributed by atoms with Crippen molar-refractivity contribution in [3.05, 3.63) is 87.7 Å². The summed E-state index contributed by atoms with van der Waals surface area (Å²) in [5.41, 5.74) is 1.31. The lowest BCUT2D eigenvalue weighted by Gasteiger charge is -2.26. The van der Waals surface area contributed by atoms with Crippen molar-refractivity contribution in [1.82, 2.24) is 0 Å². The molecule has 0 bridgehead atoms. The largest absolute Gasteiger partial charge is 0.507 e. The summed E-state index contributed by atoms with van der Waals surface area (Å²) in [7, 11) is 4.40. The third kappa shape index (κ3) is 5.04. The summed E-state index contributed by atoms with van der Waals surface area (Å²) in [6.07, 6.45) is 0. The highest BCUT2D eigenvalue weighted by molar-refractivity contribution is 6.52. The SMILES string of the molecule is COc1ccc(C2/C(=C(\O)c3cc(C(C)(C)C)ccc3OC)C(=O)C(=O)N2c2ccc(F)c(Cl)c2)cc1OC. The van der Waals surface area contributed by atoms with Crippen LogP contribution in [0.2, 0.25) is 5.02 Å². The summed E-state index contributed by atoms with van der Waals surface area (Å²) in [6, 6.07) is 12.8. The first-order valence-electron chi connectivity index (χ1n) is 12.1. The van der Waals surface area contributed by atoms with Gasteiger partial charge in [0.2, 0.25) is 0 Å². The van der Waals surface area contributed by atoms with Crippen molar-refractivity contribution in [2.75, 3.05) is 26.2 Å². The van der Waals surface area contributed by atoms with E-state index in [2.05, 4.69) is 0 Å². The lowest BCUT2D eigenvalue weighted by atomic mass is 9.85. The smallest absolute Gasteiger partial charge is 0.300 e. The molecule has 0 aromatic heterocycles. The summed E-state index contributed by atoms with van der Waals surface area (Å²) >= 11 is 6.04. The quantitative estimate of drug-likeness (QED) is 0.215. The van der Waals surface area contributed by atoms with Crippen LogP contribution in [0.5, 0.6) is 17.2 Å². The van der Waals surface area contributed by atoms with Crippen LogP contribution in [0.3, 0.4) is 0 Å². The molecule has 4 rings (SSSR count). The van der Waals surface area contributed by atoms with Crippen LogP contribution in [0.25, 0.3) is 5.76 Å². The molecule has 1 heterocycles. The molecule has 9 heteroatoms. The molecule has 1 saturated heterocycles. The van der Waals surface area contributed by atoms with E-state index in [1.807, 2.05) is 26.8 Å². The number of benzene rings is 3. The predicted molar refractivity (Wildman–Crippen MR) is 147 cm³/mol. The third-order valence-electron chi connectivity index (χ3n) is 6.67. The second kappa shape index (κ2) is 10.6. The minimum atomic E-state index is -1.10. The number of rotatable bonds is 6. The molecule has 1 N–H and O–H groups in total. The van der Waals surface area contributed by atoms with E-state index < -0.39 is 29.3 Å². The normalized spacial score (nSPS) is 16.9.